The van der Waals surface area contributed by atoms with Crippen molar-refractivity contribution in [3.05, 3.63) is 29.8 Å². The van der Waals surface area contributed by atoms with Crippen molar-refractivity contribution >= 4 is 16.1 Å². The van der Waals surface area contributed by atoms with Crippen LogP contribution in [0.25, 0.3) is 0 Å². The molecule has 0 fully saturated rings. The SMILES string of the molecule is CC(=O)OCCc1ccc(OS(=O)(=O)C(F)(F)F)cc1. The highest BCUT2D eigenvalue weighted by Gasteiger charge is 2.48. The Balaban J connectivity index is 2.66. The molecule has 0 saturated carbocycles. The first-order valence-corrected chi connectivity index (χ1v) is 6.76. The quantitative estimate of drug-likeness (QED) is 0.472. The molecule has 0 heterocycles. The third kappa shape index (κ3) is 4.72. The van der Waals surface area contributed by atoms with E-state index < -0.39 is 27.3 Å². The van der Waals surface area contributed by atoms with Crippen molar-refractivity contribution in [3.8, 4) is 5.75 Å². The maximum Gasteiger partial charge on any atom is 0.534 e. The van der Waals surface area contributed by atoms with Crippen LogP contribution in [0.4, 0.5) is 13.2 Å². The minimum atomic E-state index is -5.66. The molecule has 1 aromatic rings. The van der Waals surface area contributed by atoms with Crippen molar-refractivity contribution in [2.45, 2.75) is 18.9 Å². The molecule has 0 spiro atoms. The van der Waals surface area contributed by atoms with Crippen LogP contribution in [-0.4, -0.2) is 26.5 Å². The Labute approximate surface area is 113 Å². The smallest absolute Gasteiger partial charge is 0.466 e. The molecular formula is C11H11F3O5S. The van der Waals surface area contributed by atoms with Gasteiger partial charge in [-0.05, 0) is 17.7 Å². The minimum absolute atomic E-state index is 0.121. The molecule has 0 saturated heterocycles. The zero-order valence-electron chi connectivity index (χ0n) is 10.3. The molecule has 1 aromatic carbocycles. The van der Waals surface area contributed by atoms with Crippen LogP contribution in [0.15, 0.2) is 24.3 Å². The predicted molar refractivity (Wildman–Crippen MR) is 62.4 cm³/mol. The molecule has 0 aliphatic rings. The first-order valence-electron chi connectivity index (χ1n) is 5.35. The summed E-state index contributed by atoms with van der Waals surface area (Å²) in [5, 5.41) is 0. The summed E-state index contributed by atoms with van der Waals surface area (Å²) >= 11 is 0. The van der Waals surface area contributed by atoms with Crippen molar-refractivity contribution in [2.24, 2.45) is 0 Å². The molecule has 0 atom stereocenters. The van der Waals surface area contributed by atoms with E-state index in [4.69, 9.17) is 0 Å². The van der Waals surface area contributed by atoms with Gasteiger partial charge in [0, 0.05) is 13.3 Å². The number of hydrogen-bond acceptors (Lipinski definition) is 5. The summed E-state index contributed by atoms with van der Waals surface area (Å²) in [6, 6.07) is 4.94. The summed E-state index contributed by atoms with van der Waals surface area (Å²) in [4.78, 5) is 10.5. The van der Waals surface area contributed by atoms with Gasteiger partial charge >= 0.3 is 21.6 Å². The average Bonchev–Trinajstić information content (AvgIpc) is 2.29. The van der Waals surface area contributed by atoms with Gasteiger partial charge in [-0.25, -0.2) is 0 Å². The van der Waals surface area contributed by atoms with Crippen molar-refractivity contribution in [3.63, 3.8) is 0 Å². The molecule has 0 bridgehead atoms. The number of carbonyl (C=O) groups is 1. The first kappa shape index (κ1) is 16.3. The highest BCUT2D eigenvalue weighted by atomic mass is 32.2. The zero-order valence-corrected chi connectivity index (χ0v) is 11.1. The normalized spacial score (nSPS) is 12.0. The van der Waals surface area contributed by atoms with E-state index in [1.54, 1.807) is 0 Å². The van der Waals surface area contributed by atoms with Gasteiger partial charge in [-0.2, -0.15) is 21.6 Å². The lowest BCUT2D eigenvalue weighted by Gasteiger charge is -2.09. The van der Waals surface area contributed by atoms with E-state index in [-0.39, 0.29) is 6.61 Å². The van der Waals surface area contributed by atoms with Crippen LogP contribution in [0.3, 0.4) is 0 Å². The maximum atomic E-state index is 12.1. The molecular weight excluding hydrogens is 301 g/mol. The van der Waals surface area contributed by atoms with E-state index in [2.05, 4.69) is 8.92 Å². The van der Waals surface area contributed by atoms with Crippen molar-refractivity contribution < 1.29 is 35.3 Å². The van der Waals surface area contributed by atoms with Gasteiger partial charge in [0.15, 0.2) is 0 Å². The van der Waals surface area contributed by atoms with Crippen LogP contribution < -0.4 is 4.18 Å². The van der Waals surface area contributed by atoms with E-state index in [1.807, 2.05) is 0 Å². The van der Waals surface area contributed by atoms with Crippen molar-refractivity contribution in [2.75, 3.05) is 6.61 Å². The lowest BCUT2D eigenvalue weighted by atomic mass is 10.1. The third-order valence-electron chi connectivity index (χ3n) is 2.11. The molecule has 112 valence electrons. The molecule has 5 nitrogen and oxygen atoms in total. The number of carbonyl (C=O) groups excluding carboxylic acids is 1. The zero-order chi connectivity index (χ0) is 15.4. The van der Waals surface area contributed by atoms with E-state index in [9.17, 15) is 26.4 Å². The number of halogens is 3. The number of hydrogen-bond donors (Lipinski definition) is 0. The second-order valence-electron chi connectivity index (χ2n) is 3.72. The predicted octanol–water partition coefficient (Wildman–Crippen LogP) is 2.02. The third-order valence-corrected chi connectivity index (χ3v) is 3.09. The maximum absolute atomic E-state index is 12.1. The topological polar surface area (TPSA) is 69.7 Å². The van der Waals surface area contributed by atoms with Crippen LogP contribution in [0.2, 0.25) is 0 Å². The number of alkyl halides is 3. The van der Waals surface area contributed by atoms with Gasteiger partial charge in [-0.15, -0.1) is 0 Å². The fourth-order valence-corrected chi connectivity index (χ4v) is 1.66. The van der Waals surface area contributed by atoms with Crippen molar-refractivity contribution in [1.29, 1.82) is 0 Å². The molecule has 0 unspecified atom stereocenters. The number of esters is 1. The Kier molecular flexibility index (Phi) is 4.98. The van der Waals surface area contributed by atoms with Gasteiger partial charge in [0.05, 0.1) is 6.61 Å². The summed E-state index contributed by atoms with van der Waals surface area (Å²) in [7, 11) is -5.66. The van der Waals surface area contributed by atoms with Gasteiger partial charge in [0.25, 0.3) is 0 Å². The van der Waals surface area contributed by atoms with E-state index in [1.165, 1.54) is 19.1 Å². The fourth-order valence-electron chi connectivity index (χ4n) is 1.20. The molecule has 0 aromatic heterocycles. The van der Waals surface area contributed by atoms with Gasteiger partial charge < -0.3 is 8.92 Å². The van der Waals surface area contributed by atoms with E-state index in [0.29, 0.717) is 12.0 Å². The summed E-state index contributed by atoms with van der Waals surface area (Å²) in [6.45, 7) is 1.37. The second kappa shape index (κ2) is 6.12. The Hall–Kier alpha value is -1.77. The monoisotopic (exact) mass is 312 g/mol. The molecule has 0 aliphatic heterocycles. The summed E-state index contributed by atoms with van der Waals surface area (Å²) in [5.41, 5.74) is -4.82. The minimum Gasteiger partial charge on any atom is -0.466 e. The number of benzene rings is 1. The highest BCUT2D eigenvalue weighted by molar-refractivity contribution is 7.87. The lowest BCUT2D eigenvalue weighted by molar-refractivity contribution is -0.140. The van der Waals surface area contributed by atoms with Crippen LogP contribution >= 0.6 is 0 Å². The lowest BCUT2D eigenvalue weighted by Crippen LogP contribution is -2.28. The number of ether oxygens (including phenoxy) is 1. The Morgan fingerprint density at radius 2 is 1.75 bits per heavy atom. The Morgan fingerprint density at radius 1 is 1.20 bits per heavy atom. The first-order chi connectivity index (χ1) is 9.12. The summed E-state index contributed by atoms with van der Waals surface area (Å²) < 4.78 is 66.3. The van der Waals surface area contributed by atoms with E-state index >= 15 is 0 Å². The van der Waals surface area contributed by atoms with Crippen LogP contribution in [-0.2, 0) is 26.1 Å². The van der Waals surface area contributed by atoms with E-state index in [0.717, 1.165) is 12.1 Å². The van der Waals surface area contributed by atoms with Crippen molar-refractivity contribution in [1.82, 2.24) is 0 Å². The molecule has 9 heteroatoms. The second-order valence-corrected chi connectivity index (χ2v) is 5.26. The standard InChI is InChI=1S/C11H11F3O5S/c1-8(15)18-7-6-9-2-4-10(5-3-9)19-20(16,17)11(12,13)14/h2-5H,6-7H2,1H3. The fraction of sp³-hybridized carbons (Fsp3) is 0.364. The molecule has 0 aliphatic carbocycles. The molecule has 1 rings (SSSR count). The Morgan fingerprint density at radius 3 is 2.20 bits per heavy atom. The van der Waals surface area contributed by atoms with Gasteiger partial charge in [-0.3, -0.25) is 4.79 Å². The van der Waals surface area contributed by atoms with Crippen LogP contribution in [0.5, 0.6) is 5.75 Å². The Bertz CT molecular complexity index is 563. The van der Waals surface area contributed by atoms with Crippen LogP contribution in [0, 0.1) is 0 Å². The van der Waals surface area contributed by atoms with Gasteiger partial charge in [-0.1, -0.05) is 12.1 Å². The average molecular weight is 312 g/mol. The summed E-state index contributed by atoms with van der Waals surface area (Å²) in [5.74, 6) is -0.889. The number of rotatable bonds is 5. The molecule has 0 amide bonds. The summed E-state index contributed by atoms with van der Waals surface area (Å²) in [6.07, 6.45) is 0.353. The largest absolute Gasteiger partial charge is 0.534 e. The molecule has 0 N–H and O–H groups in total. The van der Waals surface area contributed by atoms with Crippen LogP contribution in [0.1, 0.15) is 12.5 Å². The molecule has 0 radical (unpaired) electrons. The van der Waals surface area contributed by atoms with Gasteiger partial charge in [0.2, 0.25) is 0 Å². The molecule has 20 heavy (non-hydrogen) atoms. The highest BCUT2D eigenvalue weighted by Crippen LogP contribution is 2.26. The van der Waals surface area contributed by atoms with Gasteiger partial charge in [0.1, 0.15) is 5.75 Å².